The summed E-state index contributed by atoms with van der Waals surface area (Å²) >= 11 is 0. The quantitative estimate of drug-likeness (QED) is 0.573. The minimum absolute atomic E-state index is 0.212. The second-order valence-electron chi connectivity index (χ2n) is 2.25. The molecule has 0 nitrogen and oxygen atoms in total. The Balaban J connectivity index is 3.50. The number of rotatable bonds is 4. The van der Waals surface area contributed by atoms with Crippen LogP contribution in [0.25, 0.3) is 0 Å². The minimum Gasteiger partial charge on any atom is -0.247 e. The molecular formula is C8H14F2. The molecule has 10 heavy (non-hydrogen) atoms. The first-order valence-electron chi connectivity index (χ1n) is 3.69. The van der Waals surface area contributed by atoms with E-state index in [-0.39, 0.29) is 12.2 Å². The second kappa shape index (κ2) is 5.39. The van der Waals surface area contributed by atoms with E-state index in [9.17, 15) is 8.78 Å². The van der Waals surface area contributed by atoms with Crippen LogP contribution < -0.4 is 0 Å². The van der Waals surface area contributed by atoms with Crippen LogP contribution in [0.1, 0.15) is 33.1 Å². The monoisotopic (exact) mass is 148 g/mol. The third-order valence-electron chi connectivity index (χ3n) is 1.38. The molecule has 0 aliphatic heterocycles. The highest BCUT2D eigenvalue weighted by Crippen LogP contribution is 2.08. The molecule has 0 saturated heterocycles. The molecule has 0 aromatic heterocycles. The van der Waals surface area contributed by atoms with Crippen molar-refractivity contribution in [3.8, 4) is 0 Å². The predicted molar refractivity (Wildman–Crippen MR) is 39.3 cm³/mol. The molecule has 0 N–H and O–H groups in total. The summed E-state index contributed by atoms with van der Waals surface area (Å²) in [5, 5.41) is 0. The summed E-state index contributed by atoms with van der Waals surface area (Å²) in [7, 11) is 0. The molecule has 60 valence electrons. The highest BCUT2D eigenvalue weighted by Gasteiger charge is 2.00. The fourth-order valence-corrected chi connectivity index (χ4v) is 0.567. The van der Waals surface area contributed by atoms with E-state index >= 15 is 0 Å². The minimum atomic E-state index is -0.877. The van der Waals surface area contributed by atoms with Crippen LogP contribution in [0.3, 0.4) is 0 Å². The molecule has 0 aliphatic rings. The lowest BCUT2D eigenvalue weighted by Crippen LogP contribution is -1.94. The van der Waals surface area contributed by atoms with E-state index in [0.29, 0.717) is 12.8 Å². The Labute approximate surface area is 60.9 Å². The van der Waals surface area contributed by atoms with Crippen molar-refractivity contribution < 1.29 is 8.78 Å². The van der Waals surface area contributed by atoms with Crippen LogP contribution in [-0.4, -0.2) is 6.17 Å². The van der Waals surface area contributed by atoms with Crippen molar-refractivity contribution in [2.75, 3.05) is 0 Å². The van der Waals surface area contributed by atoms with E-state index in [0.717, 1.165) is 0 Å². The van der Waals surface area contributed by atoms with Gasteiger partial charge in [0.25, 0.3) is 0 Å². The zero-order chi connectivity index (χ0) is 7.98. The molecule has 0 spiro atoms. The van der Waals surface area contributed by atoms with Gasteiger partial charge in [-0.05, 0) is 19.3 Å². The number of hydrogen-bond donors (Lipinski definition) is 0. The van der Waals surface area contributed by atoms with Crippen LogP contribution >= 0.6 is 0 Å². The molecule has 0 amide bonds. The smallest absolute Gasteiger partial charge is 0.103 e. The Morgan fingerprint density at radius 2 is 2.10 bits per heavy atom. The molecular weight excluding hydrogens is 134 g/mol. The van der Waals surface area contributed by atoms with Gasteiger partial charge in [-0.3, -0.25) is 0 Å². The molecule has 2 heteroatoms. The molecule has 1 atom stereocenters. The number of hydrogen-bond acceptors (Lipinski definition) is 0. The first-order valence-corrected chi connectivity index (χ1v) is 3.69. The lowest BCUT2D eigenvalue weighted by molar-refractivity contribution is 0.325. The van der Waals surface area contributed by atoms with E-state index in [1.807, 2.05) is 0 Å². The van der Waals surface area contributed by atoms with Gasteiger partial charge in [-0.1, -0.05) is 19.9 Å². The standard InChI is InChI=1S/C8H14F2/c1-3-7(9)5-6-8(10)4-2/h5,8H,3-4,6H2,1-2H3/b7-5+/t8-/m1/s1. The number of allylic oxidation sites excluding steroid dienone is 2. The SMILES string of the molecule is CC/C(F)=C\C[C@H](F)CC. The summed E-state index contributed by atoms with van der Waals surface area (Å²) in [5.41, 5.74) is 0. The molecule has 0 unspecified atom stereocenters. The van der Waals surface area contributed by atoms with Crippen molar-refractivity contribution in [3.63, 3.8) is 0 Å². The second-order valence-corrected chi connectivity index (χ2v) is 2.25. The van der Waals surface area contributed by atoms with Crippen LogP contribution in [0, 0.1) is 0 Å². The average Bonchev–Trinajstić information content (AvgIpc) is 1.99. The van der Waals surface area contributed by atoms with Crippen molar-refractivity contribution in [2.45, 2.75) is 39.3 Å². The maximum Gasteiger partial charge on any atom is 0.103 e. The van der Waals surface area contributed by atoms with Crippen LogP contribution in [0.2, 0.25) is 0 Å². The van der Waals surface area contributed by atoms with Gasteiger partial charge in [-0.2, -0.15) is 0 Å². The lowest BCUT2D eigenvalue weighted by Gasteiger charge is -1.98. The average molecular weight is 148 g/mol. The molecule has 0 saturated carbocycles. The summed E-state index contributed by atoms with van der Waals surface area (Å²) < 4.78 is 24.7. The van der Waals surface area contributed by atoms with Crippen LogP contribution in [0.5, 0.6) is 0 Å². The molecule has 0 aromatic carbocycles. The fraction of sp³-hybridized carbons (Fsp3) is 0.750. The van der Waals surface area contributed by atoms with Gasteiger partial charge in [0.15, 0.2) is 0 Å². The van der Waals surface area contributed by atoms with Gasteiger partial charge in [0, 0.05) is 0 Å². The summed E-state index contributed by atoms with van der Waals surface area (Å²) in [5.74, 6) is -0.212. The summed E-state index contributed by atoms with van der Waals surface area (Å²) in [4.78, 5) is 0. The third-order valence-corrected chi connectivity index (χ3v) is 1.38. The van der Waals surface area contributed by atoms with Crippen molar-refractivity contribution in [1.29, 1.82) is 0 Å². The Morgan fingerprint density at radius 1 is 1.50 bits per heavy atom. The molecule has 0 radical (unpaired) electrons. The summed E-state index contributed by atoms with van der Waals surface area (Å²) in [6, 6.07) is 0. The van der Waals surface area contributed by atoms with Gasteiger partial charge in [0.1, 0.15) is 6.17 Å². The van der Waals surface area contributed by atoms with Gasteiger partial charge in [-0.15, -0.1) is 0 Å². The third kappa shape index (κ3) is 4.48. The van der Waals surface area contributed by atoms with Crippen molar-refractivity contribution >= 4 is 0 Å². The zero-order valence-electron chi connectivity index (χ0n) is 6.53. The van der Waals surface area contributed by atoms with Gasteiger partial charge < -0.3 is 0 Å². The topological polar surface area (TPSA) is 0 Å². The van der Waals surface area contributed by atoms with E-state index in [2.05, 4.69) is 0 Å². The normalized spacial score (nSPS) is 15.4. The Hall–Kier alpha value is -0.400. The molecule has 0 rings (SSSR count). The maximum absolute atomic E-state index is 12.4. The van der Waals surface area contributed by atoms with E-state index < -0.39 is 6.17 Å². The first-order chi connectivity index (χ1) is 4.70. The molecule has 0 aliphatic carbocycles. The largest absolute Gasteiger partial charge is 0.247 e. The van der Waals surface area contributed by atoms with E-state index in [1.165, 1.54) is 6.08 Å². The molecule has 0 aromatic rings. The highest BCUT2D eigenvalue weighted by molar-refractivity contribution is 4.91. The van der Waals surface area contributed by atoms with Gasteiger partial charge in [0.05, 0.1) is 5.83 Å². The first kappa shape index (κ1) is 9.60. The van der Waals surface area contributed by atoms with Gasteiger partial charge >= 0.3 is 0 Å². The van der Waals surface area contributed by atoms with Crippen LogP contribution in [0.4, 0.5) is 8.78 Å². The van der Waals surface area contributed by atoms with Crippen molar-refractivity contribution in [3.05, 3.63) is 11.9 Å². The van der Waals surface area contributed by atoms with E-state index in [4.69, 9.17) is 0 Å². The molecule has 0 fully saturated rings. The number of halogens is 2. The highest BCUT2D eigenvalue weighted by atomic mass is 19.1. The fourth-order valence-electron chi connectivity index (χ4n) is 0.567. The predicted octanol–water partition coefficient (Wildman–Crippen LogP) is 3.39. The van der Waals surface area contributed by atoms with Gasteiger partial charge in [0.2, 0.25) is 0 Å². The molecule has 0 heterocycles. The number of alkyl halides is 1. The van der Waals surface area contributed by atoms with Crippen LogP contribution in [0.15, 0.2) is 11.9 Å². The van der Waals surface area contributed by atoms with Crippen molar-refractivity contribution in [2.24, 2.45) is 0 Å². The Bertz CT molecular complexity index is 108. The maximum atomic E-state index is 12.4. The van der Waals surface area contributed by atoms with Crippen LogP contribution in [-0.2, 0) is 0 Å². The Kier molecular flexibility index (Phi) is 5.17. The zero-order valence-corrected chi connectivity index (χ0v) is 6.53. The van der Waals surface area contributed by atoms with Gasteiger partial charge in [-0.25, -0.2) is 8.78 Å². The summed E-state index contributed by atoms with van der Waals surface area (Å²) in [6.45, 7) is 3.47. The van der Waals surface area contributed by atoms with Crippen molar-refractivity contribution in [1.82, 2.24) is 0 Å². The Morgan fingerprint density at radius 3 is 2.50 bits per heavy atom. The van der Waals surface area contributed by atoms with E-state index in [1.54, 1.807) is 13.8 Å². The summed E-state index contributed by atoms with van der Waals surface area (Å²) in [6.07, 6.45) is 1.51. The lowest BCUT2D eigenvalue weighted by atomic mass is 10.2. The molecule has 0 bridgehead atoms.